The normalized spacial score (nSPS) is 16.3. The Labute approximate surface area is 162 Å². The van der Waals surface area contributed by atoms with E-state index in [0.29, 0.717) is 23.0 Å². The Morgan fingerprint density at radius 2 is 2.14 bits per heavy atom. The van der Waals surface area contributed by atoms with E-state index in [1.54, 1.807) is 7.05 Å². The van der Waals surface area contributed by atoms with Crippen molar-refractivity contribution in [3.8, 4) is 0 Å². The van der Waals surface area contributed by atoms with Gasteiger partial charge in [0.05, 0.1) is 17.0 Å². The van der Waals surface area contributed by atoms with Gasteiger partial charge in [0.2, 0.25) is 5.91 Å². The maximum Gasteiger partial charge on any atom is 0.269 e. The van der Waals surface area contributed by atoms with Crippen LogP contribution >= 0.6 is 0 Å². The summed E-state index contributed by atoms with van der Waals surface area (Å²) in [6, 6.07) is 7.97. The molecule has 8 nitrogen and oxygen atoms in total. The van der Waals surface area contributed by atoms with E-state index in [-0.39, 0.29) is 24.2 Å². The molecule has 0 unspecified atom stereocenters. The number of aromatic amines is 1. The average molecular weight is 380 g/mol. The average Bonchev–Trinajstić information content (AvgIpc) is 3.26. The fraction of sp³-hybridized carbons (Fsp3) is 0.400. The molecule has 0 saturated heterocycles. The van der Waals surface area contributed by atoms with Gasteiger partial charge in [-0.05, 0) is 24.5 Å². The van der Waals surface area contributed by atoms with Crippen LogP contribution in [-0.2, 0) is 11.3 Å². The Bertz CT molecular complexity index is 1050. The van der Waals surface area contributed by atoms with Crippen molar-refractivity contribution in [2.24, 2.45) is 5.92 Å². The number of para-hydroxylation sites is 2. The molecule has 3 heterocycles. The highest BCUT2D eigenvalue weighted by atomic mass is 16.2. The lowest BCUT2D eigenvalue weighted by atomic mass is 9.90. The van der Waals surface area contributed by atoms with Gasteiger partial charge in [0, 0.05) is 25.6 Å². The first-order chi connectivity index (χ1) is 13.5. The van der Waals surface area contributed by atoms with Crippen molar-refractivity contribution in [2.45, 2.75) is 39.2 Å². The van der Waals surface area contributed by atoms with E-state index in [9.17, 15) is 9.59 Å². The van der Waals surface area contributed by atoms with Crippen LogP contribution < -0.4 is 10.6 Å². The molecule has 8 heteroatoms. The van der Waals surface area contributed by atoms with Gasteiger partial charge < -0.3 is 15.2 Å². The molecule has 4 rings (SSSR count). The minimum absolute atomic E-state index is 0.130. The molecule has 1 aliphatic rings. The largest absolute Gasteiger partial charge is 0.354 e. The van der Waals surface area contributed by atoms with E-state index in [0.717, 1.165) is 29.8 Å². The van der Waals surface area contributed by atoms with Crippen LogP contribution in [0.4, 0.5) is 5.82 Å². The summed E-state index contributed by atoms with van der Waals surface area (Å²) in [5, 5.41) is 12.3. The van der Waals surface area contributed by atoms with Crippen LogP contribution in [0.15, 0.2) is 24.3 Å². The number of rotatable bonds is 5. The van der Waals surface area contributed by atoms with Crippen LogP contribution in [0.1, 0.15) is 54.5 Å². The molecule has 28 heavy (non-hydrogen) atoms. The van der Waals surface area contributed by atoms with Crippen molar-refractivity contribution in [1.82, 2.24) is 25.1 Å². The zero-order chi connectivity index (χ0) is 19.8. The third-order valence-corrected chi connectivity index (χ3v) is 5.18. The maximum absolute atomic E-state index is 12.4. The molecule has 2 amide bonds. The quantitative estimate of drug-likeness (QED) is 0.633. The molecule has 1 atom stereocenters. The van der Waals surface area contributed by atoms with Crippen LogP contribution in [-0.4, -0.2) is 38.6 Å². The van der Waals surface area contributed by atoms with Crippen molar-refractivity contribution >= 4 is 28.7 Å². The molecule has 0 fully saturated rings. The standard InChI is InChI=1S/C20H24N6O2/c1-11(2)8-9-26-14-7-5-4-6-13(14)22-19(26)12-10-15(27)23-18-16(12)17(24-25-18)20(28)21-3/h4-7,11-12H,8-10H2,1-3H3,(H,21,28)(H2,23,24,25,27)/t12-/m1/s1. The number of aryl methyl sites for hydroxylation is 1. The molecule has 0 bridgehead atoms. The fourth-order valence-corrected chi connectivity index (χ4v) is 3.76. The molecule has 1 aliphatic heterocycles. The number of amides is 2. The molecule has 2 aromatic heterocycles. The Morgan fingerprint density at radius 3 is 2.89 bits per heavy atom. The number of hydrogen-bond donors (Lipinski definition) is 3. The van der Waals surface area contributed by atoms with Crippen molar-refractivity contribution in [2.75, 3.05) is 12.4 Å². The van der Waals surface area contributed by atoms with E-state index in [2.05, 4.69) is 39.2 Å². The van der Waals surface area contributed by atoms with E-state index in [1.807, 2.05) is 24.3 Å². The van der Waals surface area contributed by atoms with E-state index >= 15 is 0 Å². The number of benzene rings is 1. The minimum Gasteiger partial charge on any atom is -0.354 e. The number of aromatic nitrogens is 4. The number of carbonyl (C=O) groups excluding carboxylic acids is 2. The number of nitrogens with zero attached hydrogens (tertiary/aromatic N) is 3. The Kier molecular flexibility index (Phi) is 4.62. The second-order valence-corrected chi connectivity index (χ2v) is 7.54. The summed E-state index contributed by atoms with van der Waals surface area (Å²) in [6.07, 6.45) is 1.22. The van der Waals surface area contributed by atoms with Crippen LogP contribution in [0.2, 0.25) is 0 Å². The summed E-state index contributed by atoms with van der Waals surface area (Å²) in [5.74, 6) is 1.01. The van der Waals surface area contributed by atoms with E-state index in [1.165, 1.54) is 0 Å². The minimum atomic E-state index is -0.339. The van der Waals surface area contributed by atoms with Crippen LogP contribution in [0.25, 0.3) is 11.0 Å². The summed E-state index contributed by atoms with van der Waals surface area (Å²) in [5.41, 5.74) is 2.99. The van der Waals surface area contributed by atoms with Crippen LogP contribution in [0.5, 0.6) is 0 Å². The second-order valence-electron chi connectivity index (χ2n) is 7.54. The molecule has 0 spiro atoms. The summed E-state index contributed by atoms with van der Waals surface area (Å²) in [6.45, 7) is 5.17. The predicted octanol–water partition coefficient (Wildman–Crippen LogP) is 2.64. The molecule has 0 aliphatic carbocycles. The number of imidazole rings is 1. The van der Waals surface area contributed by atoms with Crippen LogP contribution in [0, 0.1) is 5.92 Å². The molecular weight excluding hydrogens is 356 g/mol. The lowest BCUT2D eigenvalue weighted by Gasteiger charge is -2.23. The van der Waals surface area contributed by atoms with Gasteiger partial charge >= 0.3 is 0 Å². The first kappa shape index (κ1) is 18.2. The van der Waals surface area contributed by atoms with Crippen molar-refractivity contribution in [3.05, 3.63) is 41.3 Å². The third kappa shape index (κ3) is 3.04. The SMILES string of the molecule is CNC(=O)c1[nH]nc2c1[C@H](c1nc3ccccc3n1CCC(C)C)CC(=O)N2. The first-order valence-electron chi connectivity index (χ1n) is 9.55. The molecular formula is C20H24N6O2. The van der Waals surface area contributed by atoms with Crippen LogP contribution in [0.3, 0.4) is 0 Å². The number of hydrogen-bond acceptors (Lipinski definition) is 4. The number of H-pyrrole nitrogens is 1. The third-order valence-electron chi connectivity index (χ3n) is 5.18. The highest BCUT2D eigenvalue weighted by molar-refractivity contribution is 6.00. The van der Waals surface area contributed by atoms with Crippen molar-refractivity contribution < 1.29 is 9.59 Å². The number of nitrogens with one attached hydrogen (secondary N) is 3. The highest BCUT2D eigenvalue weighted by Crippen LogP contribution is 2.39. The lowest BCUT2D eigenvalue weighted by molar-refractivity contribution is -0.116. The van der Waals surface area contributed by atoms with Gasteiger partial charge in [0.25, 0.3) is 5.91 Å². The van der Waals surface area contributed by atoms with Gasteiger partial charge in [-0.15, -0.1) is 0 Å². The molecule has 0 saturated carbocycles. The first-order valence-corrected chi connectivity index (χ1v) is 9.55. The Hall–Kier alpha value is -3.16. The van der Waals surface area contributed by atoms with Gasteiger partial charge in [-0.1, -0.05) is 26.0 Å². The van der Waals surface area contributed by atoms with Crippen molar-refractivity contribution in [1.29, 1.82) is 0 Å². The summed E-state index contributed by atoms with van der Waals surface area (Å²) in [7, 11) is 1.57. The monoisotopic (exact) mass is 380 g/mol. The fourth-order valence-electron chi connectivity index (χ4n) is 3.76. The maximum atomic E-state index is 12.4. The summed E-state index contributed by atoms with van der Waals surface area (Å²) < 4.78 is 2.18. The van der Waals surface area contributed by atoms with Crippen molar-refractivity contribution in [3.63, 3.8) is 0 Å². The Balaban J connectivity index is 1.89. The number of anilines is 1. The zero-order valence-electron chi connectivity index (χ0n) is 16.2. The molecule has 1 aromatic carbocycles. The highest BCUT2D eigenvalue weighted by Gasteiger charge is 2.36. The smallest absolute Gasteiger partial charge is 0.269 e. The Morgan fingerprint density at radius 1 is 1.36 bits per heavy atom. The molecule has 3 aromatic rings. The second kappa shape index (κ2) is 7.10. The van der Waals surface area contributed by atoms with Gasteiger partial charge in [0.15, 0.2) is 5.82 Å². The molecule has 3 N–H and O–H groups in total. The summed E-state index contributed by atoms with van der Waals surface area (Å²) >= 11 is 0. The topological polar surface area (TPSA) is 105 Å². The number of fused-ring (bicyclic) bond motifs is 2. The molecule has 146 valence electrons. The number of carbonyl (C=O) groups is 2. The van der Waals surface area contributed by atoms with Gasteiger partial charge in [-0.2, -0.15) is 5.10 Å². The van der Waals surface area contributed by atoms with E-state index < -0.39 is 0 Å². The predicted molar refractivity (Wildman–Crippen MR) is 106 cm³/mol. The van der Waals surface area contributed by atoms with Gasteiger partial charge in [0.1, 0.15) is 11.5 Å². The molecule has 0 radical (unpaired) electrons. The van der Waals surface area contributed by atoms with E-state index in [4.69, 9.17) is 4.98 Å². The zero-order valence-corrected chi connectivity index (χ0v) is 16.2. The van der Waals surface area contributed by atoms with Gasteiger partial charge in [-0.25, -0.2) is 4.98 Å². The summed E-state index contributed by atoms with van der Waals surface area (Å²) in [4.78, 5) is 29.6. The van der Waals surface area contributed by atoms with Gasteiger partial charge in [-0.3, -0.25) is 14.7 Å². The lowest BCUT2D eigenvalue weighted by Crippen LogP contribution is -2.28.